The van der Waals surface area contributed by atoms with Gasteiger partial charge in [-0.3, -0.25) is 4.79 Å². The normalized spacial score (nSPS) is 24.7. The molecule has 0 aromatic heterocycles. The standard InChI is InChI=1S/C19H18O2/c1-4-14-12-17(20)19(2,3)18(21-14)16-11-7-9-13-8-5-6-10-15(13)16/h1,5-11,14,18H,12H2,2-3H3/t14-,18+/m0/s1. The number of Topliss-reactive ketones (excluding diaryl/α,β-unsaturated/α-hetero) is 1. The Morgan fingerprint density at radius 2 is 1.90 bits per heavy atom. The van der Waals surface area contributed by atoms with E-state index in [2.05, 4.69) is 24.1 Å². The number of ether oxygens (including phenoxy) is 1. The SMILES string of the molecule is C#C[C@H]1CC(=O)C(C)(C)[C@@H](c2cccc3ccccc23)O1. The van der Waals surface area contributed by atoms with Crippen LogP contribution in [-0.4, -0.2) is 11.9 Å². The average molecular weight is 278 g/mol. The number of terminal acetylenes is 1. The van der Waals surface area contributed by atoms with Gasteiger partial charge in [-0.15, -0.1) is 6.42 Å². The third-order valence-electron chi connectivity index (χ3n) is 4.34. The van der Waals surface area contributed by atoms with Crippen molar-refractivity contribution in [1.82, 2.24) is 0 Å². The summed E-state index contributed by atoms with van der Waals surface area (Å²) in [5, 5.41) is 2.26. The molecule has 2 aromatic carbocycles. The van der Waals surface area contributed by atoms with Crippen molar-refractivity contribution in [3.8, 4) is 12.3 Å². The van der Waals surface area contributed by atoms with Crippen LogP contribution in [0.15, 0.2) is 42.5 Å². The molecule has 1 heterocycles. The predicted octanol–water partition coefficient (Wildman–Crippen LogP) is 3.90. The van der Waals surface area contributed by atoms with Gasteiger partial charge in [0.25, 0.3) is 0 Å². The highest BCUT2D eigenvalue weighted by Crippen LogP contribution is 2.45. The first-order chi connectivity index (χ1) is 10.0. The highest BCUT2D eigenvalue weighted by Gasteiger charge is 2.44. The Morgan fingerprint density at radius 3 is 2.67 bits per heavy atom. The van der Waals surface area contributed by atoms with Gasteiger partial charge in [-0.1, -0.05) is 62.2 Å². The number of carbonyl (C=O) groups is 1. The summed E-state index contributed by atoms with van der Waals surface area (Å²) in [5.74, 6) is 2.74. The van der Waals surface area contributed by atoms with Gasteiger partial charge in [-0.25, -0.2) is 0 Å². The van der Waals surface area contributed by atoms with Crippen LogP contribution in [0.3, 0.4) is 0 Å². The van der Waals surface area contributed by atoms with Gasteiger partial charge in [0, 0.05) is 6.42 Å². The first-order valence-electron chi connectivity index (χ1n) is 7.16. The summed E-state index contributed by atoms with van der Waals surface area (Å²) in [6, 6.07) is 14.2. The van der Waals surface area contributed by atoms with Gasteiger partial charge in [-0.2, -0.15) is 0 Å². The van der Waals surface area contributed by atoms with Crippen LogP contribution in [0, 0.1) is 17.8 Å². The molecule has 1 aliphatic rings. The van der Waals surface area contributed by atoms with Crippen molar-refractivity contribution in [2.45, 2.75) is 32.5 Å². The third kappa shape index (κ3) is 2.24. The molecule has 0 radical (unpaired) electrons. The van der Waals surface area contributed by atoms with Crippen molar-refractivity contribution in [3.63, 3.8) is 0 Å². The van der Waals surface area contributed by atoms with Crippen LogP contribution in [0.2, 0.25) is 0 Å². The zero-order valence-electron chi connectivity index (χ0n) is 12.3. The number of carbonyl (C=O) groups excluding carboxylic acids is 1. The van der Waals surface area contributed by atoms with E-state index in [1.54, 1.807) is 0 Å². The molecule has 1 fully saturated rings. The lowest BCUT2D eigenvalue weighted by Gasteiger charge is -2.40. The number of benzene rings is 2. The molecule has 1 aliphatic heterocycles. The summed E-state index contributed by atoms with van der Waals surface area (Å²) in [6.07, 6.45) is 5.03. The molecule has 0 saturated carbocycles. The maximum absolute atomic E-state index is 12.4. The minimum Gasteiger partial charge on any atom is -0.356 e. The molecule has 1 saturated heterocycles. The molecule has 2 atom stereocenters. The van der Waals surface area contributed by atoms with Crippen LogP contribution in [0.25, 0.3) is 10.8 Å². The molecule has 106 valence electrons. The van der Waals surface area contributed by atoms with Crippen molar-refractivity contribution < 1.29 is 9.53 Å². The van der Waals surface area contributed by atoms with E-state index in [9.17, 15) is 4.79 Å². The summed E-state index contributed by atoms with van der Waals surface area (Å²) in [4.78, 5) is 12.4. The average Bonchev–Trinajstić information content (AvgIpc) is 2.49. The van der Waals surface area contributed by atoms with Crippen LogP contribution < -0.4 is 0 Å². The fourth-order valence-electron chi connectivity index (χ4n) is 3.00. The Balaban J connectivity index is 2.16. The number of ketones is 1. The molecule has 0 spiro atoms. The molecule has 0 aliphatic carbocycles. The number of hydrogen-bond donors (Lipinski definition) is 0. The van der Waals surface area contributed by atoms with Crippen LogP contribution in [0.5, 0.6) is 0 Å². The van der Waals surface area contributed by atoms with Gasteiger partial charge < -0.3 is 4.74 Å². The summed E-state index contributed by atoms with van der Waals surface area (Å²) in [6.45, 7) is 3.88. The molecule has 0 bridgehead atoms. The largest absolute Gasteiger partial charge is 0.356 e. The Bertz CT molecular complexity index is 731. The molecule has 0 N–H and O–H groups in total. The molecular formula is C19H18O2. The molecule has 0 amide bonds. The Morgan fingerprint density at radius 1 is 1.19 bits per heavy atom. The lowest BCUT2D eigenvalue weighted by molar-refractivity contribution is -0.154. The maximum atomic E-state index is 12.4. The third-order valence-corrected chi connectivity index (χ3v) is 4.34. The van der Waals surface area contributed by atoms with Crippen molar-refractivity contribution in [1.29, 1.82) is 0 Å². The second-order valence-corrected chi connectivity index (χ2v) is 6.09. The maximum Gasteiger partial charge on any atom is 0.145 e. The summed E-state index contributed by atoms with van der Waals surface area (Å²) in [5.41, 5.74) is 0.462. The minimum atomic E-state index is -0.572. The van der Waals surface area contributed by atoms with Crippen LogP contribution in [0.4, 0.5) is 0 Å². The van der Waals surface area contributed by atoms with Gasteiger partial charge in [0.15, 0.2) is 0 Å². The van der Waals surface area contributed by atoms with E-state index < -0.39 is 11.5 Å². The van der Waals surface area contributed by atoms with Crippen molar-refractivity contribution >= 4 is 16.6 Å². The molecule has 2 heteroatoms. The van der Waals surface area contributed by atoms with E-state index in [4.69, 9.17) is 11.2 Å². The van der Waals surface area contributed by atoms with Gasteiger partial charge in [-0.05, 0) is 16.3 Å². The summed E-state index contributed by atoms with van der Waals surface area (Å²) < 4.78 is 6.06. The van der Waals surface area contributed by atoms with Crippen molar-refractivity contribution in [3.05, 3.63) is 48.0 Å². The van der Waals surface area contributed by atoms with Crippen LogP contribution in [-0.2, 0) is 9.53 Å². The van der Waals surface area contributed by atoms with Crippen LogP contribution in [0.1, 0.15) is 31.9 Å². The lowest BCUT2D eigenvalue weighted by Crippen LogP contribution is -2.42. The van der Waals surface area contributed by atoms with E-state index in [1.165, 1.54) is 0 Å². The lowest BCUT2D eigenvalue weighted by atomic mass is 9.74. The smallest absolute Gasteiger partial charge is 0.145 e. The minimum absolute atomic E-state index is 0.162. The molecule has 0 unspecified atom stereocenters. The topological polar surface area (TPSA) is 26.3 Å². The van der Waals surface area contributed by atoms with Crippen molar-refractivity contribution in [2.75, 3.05) is 0 Å². The second kappa shape index (κ2) is 5.02. The summed E-state index contributed by atoms with van der Waals surface area (Å²) in [7, 11) is 0. The van der Waals surface area contributed by atoms with Crippen molar-refractivity contribution in [2.24, 2.45) is 5.41 Å². The number of rotatable bonds is 1. The Kier molecular flexibility index (Phi) is 3.31. The van der Waals surface area contributed by atoms with E-state index >= 15 is 0 Å². The van der Waals surface area contributed by atoms with Gasteiger partial charge >= 0.3 is 0 Å². The predicted molar refractivity (Wildman–Crippen MR) is 83.8 cm³/mol. The fourth-order valence-corrected chi connectivity index (χ4v) is 3.00. The first-order valence-corrected chi connectivity index (χ1v) is 7.16. The Labute approximate surface area is 125 Å². The molecule has 3 rings (SSSR count). The number of hydrogen-bond acceptors (Lipinski definition) is 2. The second-order valence-electron chi connectivity index (χ2n) is 6.09. The number of fused-ring (bicyclic) bond motifs is 1. The zero-order chi connectivity index (χ0) is 15.0. The van der Waals surface area contributed by atoms with Gasteiger partial charge in [0.05, 0.1) is 11.5 Å². The molecule has 2 nitrogen and oxygen atoms in total. The molecular weight excluding hydrogens is 260 g/mol. The highest BCUT2D eigenvalue weighted by atomic mass is 16.5. The monoisotopic (exact) mass is 278 g/mol. The molecule has 21 heavy (non-hydrogen) atoms. The van der Waals surface area contributed by atoms with Gasteiger partial charge in [0.2, 0.25) is 0 Å². The Hall–Kier alpha value is -2.11. The van der Waals surface area contributed by atoms with E-state index in [-0.39, 0.29) is 11.9 Å². The van der Waals surface area contributed by atoms with Crippen LogP contribution >= 0.6 is 0 Å². The first kappa shape index (κ1) is 13.9. The molecule has 2 aromatic rings. The fraction of sp³-hybridized carbons (Fsp3) is 0.316. The van der Waals surface area contributed by atoms with E-state index in [0.29, 0.717) is 6.42 Å². The summed E-state index contributed by atoms with van der Waals surface area (Å²) >= 11 is 0. The van der Waals surface area contributed by atoms with E-state index in [0.717, 1.165) is 16.3 Å². The zero-order valence-corrected chi connectivity index (χ0v) is 12.3. The quantitative estimate of drug-likeness (QED) is 0.740. The highest BCUT2D eigenvalue weighted by molar-refractivity contribution is 5.90. The van der Waals surface area contributed by atoms with E-state index in [1.807, 2.05) is 38.1 Å². The van der Waals surface area contributed by atoms with Gasteiger partial charge in [0.1, 0.15) is 11.9 Å².